The van der Waals surface area contributed by atoms with E-state index in [0.29, 0.717) is 5.92 Å². The highest BCUT2D eigenvalue weighted by atomic mass is 32.2. The number of hydrogen-bond donors (Lipinski definition) is 1. The molecule has 1 aromatic rings. The molecule has 0 spiro atoms. The van der Waals surface area contributed by atoms with E-state index in [-0.39, 0.29) is 0 Å². The van der Waals surface area contributed by atoms with Crippen molar-refractivity contribution in [3.8, 4) is 0 Å². The summed E-state index contributed by atoms with van der Waals surface area (Å²) in [5, 5.41) is 0. The second-order valence-corrected chi connectivity index (χ2v) is 4.34. The first-order valence-electron chi connectivity index (χ1n) is 5.10. The Kier molecular flexibility index (Phi) is 4.33. The normalized spacial score (nSPS) is 10.6. The van der Waals surface area contributed by atoms with Gasteiger partial charge in [-0.15, -0.1) is 0 Å². The summed E-state index contributed by atoms with van der Waals surface area (Å²) in [6, 6.07) is 6.65. The van der Waals surface area contributed by atoms with Crippen LogP contribution in [0, 0.1) is 0 Å². The zero-order chi connectivity index (χ0) is 10.6. The smallest absolute Gasteiger partial charge is 0.0442 e. The van der Waals surface area contributed by atoms with Gasteiger partial charge in [-0.3, -0.25) is 0 Å². The molecule has 0 heterocycles. The van der Waals surface area contributed by atoms with Gasteiger partial charge in [-0.1, -0.05) is 38.8 Å². The molecule has 0 fully saturated rings. The van der Waals surface area contributed by atoms with E-state index in [1.54, 1.807) is 11.9 Å². The van der Waals surface area contributed by atoms with Crippen molar-refractivity contribution in [3.63, 3.8) is 0 Å². The van der Waals surface area contributed by atoms with Gasteiger partial charge in [0.1, 0.15) is 0 Å². The first kappa shape index (κ1) is 11.4. The highest BCUT2D eigenvalue weighted by Gasteiger charge is 2.05. The molecule has 0 radical (unpaired) electrons. The van der Waals surface area contributed by atoms with Gasteiger partial charge in [0.15, 0.2) is 0 Å². The molecule has 0 amide bonds. The molecule has 1 aromatic carbocycles. The third kappa shape index (κ3) is 2.68. The molecule has 0 aliphatic carbocycles. The minimum Gasteiger partial charge on any atom is -0.330 e. The Morgan fingerprint density at radius 3 is 2.57 bits per heavy atom. The molecule has 78 valence electrons. The van der Waals surface area contributed by atoms with Crippen molar-refractivity contribution in [2.24, 2.45) is 0 Å². The van der Waals surface area contributed by atoms with Crippen molar-refractivity contribution in [3.05, 3.63) is 29.3 Å². The van der Waals surface area contributed by atoms with Gasteiger partial charge in [0.25, 0.3) is 0 Å². The van der Waals surface area contributed by atoms with Crippen LogP contribution in [0.15, 0.2) is 18.2 Å². The Morgan fingerprint density at radius 2 is 2.07 bits per heavy atom. The number of benzene rings is 1. The van der Waals surface area contributed by atoms with Crippen LogP contribution < -0.4 is 4.72 Å². The van der Waals surface area contributed by atoms with E-state index in [0.717, 1.165) is 6.42 Å². The summed E-state index contributed by atoms with van der Waals surface area (Å²) in [5.41, 5.74) is 4.14. The Hall–Kier alpha value is -0.630. The van der Waals surface area contributed by atoms with E-state index in [4.69, 9.17) is 0 Å². The van der Waals surface area contributed by atoms with Gasteiger partial charge in [0.05, 0.1) is 0 Å². The molecule has 0 saturated heterocycles. The largest absolute Gasteiger partial charge is 0.330 e. The Bertz CT molecular complexity index is 294. The fraction of sp³-hybridized carbons (Fsp3) is 0.500. The zero-order valence-corrected chi connectivity index (χ0v) is 10.2. The molecular formula is C12H19NS. The van der Waals surface area contributed by atoms with Crippen molar-refractivity contribution in [2.75, 3.05) is 11.0 Å². The third-order valence-corrected chi connectivity index (χ3v) is 2.81. The summed E-state index contributed by atoms with van der Waals surface area (Å²) in [5.74, 6) is 0.605. The molecule has 0 aromatic heterocycles. The van der Waals surface area contributed by atoms with Crippen LogP contribution in [0.4, 0.5) is 5.69 Å². The molecule has 0 saturated carbocycles. The second kappa shape index (κ2) is 5.30. The van der Waals surface area contributed by atoms with Crippen molar-refractivity contribution < 1.29 is 0 Å². The molecular weight excluding hydrogens is 190 g/mol. The van der Waals surface area contributed by atoms with Gasteiger partial charge in [-0.2, -0.15) is 0 Å². The van der Waals surface area contributed by atoms with Gasteiger partial charge in [-0.25, -0.2) is 0 Å². The van der Waals surface area contributed by atoms with E-state index < -0.39 is 0 Å². The van der Waals surface area contributed by atoms with E-state index in [1.165, 1.54) is 16.8 Å². The highest BCUT2D eigenvalue weighted by molar-refractivity contribution is 7.99. The third-order valence-electron chi connectivity index (χ3n) is 2.37. The van der Waals surface area contributed by atoms with Gasteiger partial charge < -0.3 is 4.72 Å². The standard InChI is InChI=1S/C12H19NS/c1-5-10-6-7-11(13-14-4)8-12(10)9(2)3/h6-9,13H,5H2,1-4H3. The molecule has 0 unspecified atom stereocenters. The second-order valence-electron chi connectivity index (χ2n) is 3.73. The molecule has 2 heteroatoms. The molecule has 0 atom stereocenters. The van der Waals surface area contributed by atoms with E-state index in [2.05, 4.69) is 43.7 Å². The van der Waals surface area contributed by atoms with Crippen LogP contribution >= 0.6 is 11.9 Å². The molecule has 0 aliphatic rings. The molecule has 1 rings (SSSR count). The average molecular weight is 209 g/mol. The average Bonchev–Trinajstić information content (AvgIpc) is 2.18. The zero-order valence-electron chi connectivity index (χ0n) is 9.42. The van der Waals surface area contributed by atoms with Crippen molar-refractivity contribution in [1.29, 1.82) is 0 Å². The predicted octanol–water partition coefficient (Wildman–Crippen LogP) is 4.06. The number of rotatable bonds is 4. The lowest BCUT2D eigenvalue weighted by Gasteiger charge is -2.13. The quantitative estimate of drug-likeness (QED) is 0.750. The van der Waals surface area contributed by atoms with Crippen LogP contribution in [-0.2, 0) is 6.42 Å². The van der Waals surface area contributed by atoms with Gasteiger partial charge in [0, 0.05) is 11.9 Å². The highest BCUT2D eigenvalue weighted by Crippen LogP contribution is 2.24. The van der Waals surface area contributed by atoms with Crippen LogP contribution in [-0.4, -0.2) is 6.26 Å². The molecule has 14 heavy (non-hydrogen) atoms. The molecule has 1 N–H and O–H groups in total. The SMILES string of the molecule is CCc1ccc(NSC)cc1C(C)C. The van der Waals surface area contributed by atoms with Gasteiger partial charge in [-0.05, 0) is 35.6 Å². The first-order chi connectivity index (χ1) is 6.69. The maximum atomic E-state index is 3.27. The van der Waals surface area contributed by atoms with Crippen LogP contribution in [0.2, 0.25) is 0 Å². The maximum absolute atomic E-state index is 3.27. The van der Waals surface area contributed by atoms with Crippen LogP contribution in [0.5, 0.6) is 0 Å². The minimum atomic E-state index is 0.605. The van der Waals surface area contributed by atoms with Crippen molar-refractivity contribution >= 4 is 17.6 Å². The summed E-state index contributed by atoms with van der Waals surface area (Å²) in [6.07, 6.45) is 3.16. The van der Waals surface area contributed by atoms with E-state index in [9.17, 15) is 0 Å². The lowest BCUT2D eigenvalue weighted by atomic mass is 9.95. The maximum Gasteiger partial charge on any atom is 0.0442 e. The van der Waals surface area contributed by atoms with E-state index >= 15 is 0 Å². The summed E-state index contributed by atoms with van der Waals surface area (Å²) < 4.78 is 3.27. The van der Waals surface area contributed by atoms with Gasteiger partial charge in [0.2, 0.25) is 0 Å². The lowest BCUT2D eigenvalue weighted by Crippen LogP contribution is -1.96. The number of hydrogen-bond acceptors (Lipinski definition) is 2. The molecule has 1 nitrogen and oxygen atoms in total. The van der Waals surface area contributed by atoms with Crippen LogP contribution in [0.1, 0.15) is 37.8 Å². The fourth-order valence-electron chi connectivity index (χ4n) is 1.64. The summed E-state index contributed by atoms with van der Waals surface area (Å²) in [4.78, 5) is 0. The van der Waals surface area contributed by atoms with Gasteiger partial charge >= 0.3 is 0 Å². The Labute approximate surface area is 91.4 Å². The first-order valence-corrected chi connectivity index (χ1v) is 6.33. The topological polar surface area (TPSA) is 12.0 Å². The monoisotopic (exact) mass is 209 g/mol. The molecule has 0 aliphatic heterocycles. The summed E-state index contributed by atoms with van der Waals surface area (Å²) in [7, 11) is 0. The predicted molar refractivity (Wildman–Crippen MR) is 67.0 cm³/mol. The van der Waals surface area contributed by atoms with Crippen molar-refractivity contribution in [2.45, 2.75) is 33.1 Å². The Balaban J connectivity index is 3.01. The lowest BCUT2D eigenvalue weighted by molar-refractivity contribution is 0.845. The van der Waals surface area contributed by atoms with Crippen LogP contribution in [0.25, 0.3) is 0 Å². The van der Waals surface area contributed by atoms with Crippen LogP contribution in [0.3, 0.4) is 0 Å². The van der Waals surface area contributed by atoms with Crippen molar-refractivity contribution in [1.82, 2.24) is 0 Å². The number of nitrogens with one attached hydrogen (secondary N) is 1. The minimum absolute atomic E-state index is 0.605. The fourth-order valence-corrected chi connectivity index (χ4v) is 2.00. The number of aryl methyl sites for hydroxylation is 1. The summed E-state index contributed by atoms with van der Waals surface area (Å²) >= 11 is 1.64. The summed E-state index contributed by atoms with van der Waals surface area (Å²) in [6.45, 7) is 6.71. The van der Waals surface area contributed by atoms with E-state index in [1.807, 2.05) is 6.26 Å². The Morgan fingerprint density at radius 1 is 1.36 bits per heavy atom. The number of anilines is 1. The molecule has 0 bridgehead atoms.